The highest BCUT2D eigenvalue weighted by molar-refractivity contribution is 7.99. The smallest absolute Gasteiger partial charge is 0.306 e. The van der Waals surface area contributed by atoms with Gasteiger partial charge in [-0.2, -0.15) is 11.8 Å². The van der Waals surface area contributed by atoms with E-state index < -0.39 is 5.60 Å². The molecule has 0 fully saturated rings. The Morgan fingerprint density at radius 3 is 2.54 bits per heavy atom. The number of aliphatic hydroxyl groups is 1. The van der Waals surface area contributed by atoms with Crippen LogP contribution in [0.15, 0.2) is 0 Å². The molecule has 1 N–H and O–H groups in total. The summed E-state index contributed by atoms with van der Waals surface area (Å²) in [6.07, 6.45) is 0.400. The van der Waals surface area contributed by atoms with E-state index in [1.807, 2.05) is 6.92 Å². The van der Waals surface area contributed by atoms with E-state index in [0.717, 1.165) is 0 Å². The van der Waals surface area contributed by atoms with Gasteiger partial charge in [-0.15, -0.1) is 0 Å². The SMILES string of the molecule is COC(=O)CC(C)SCC(C)(C)O. The number of thioether (sulfide) groups is 1. The molecule has 0 aliphatic rings. The van der Waals surface area contributed by atoms with Gasteiger partial charge in [0.1, 0.15) is 0 Å². The maximum absolute atomic E-state index is 10.8. The van der Waals surface area contributed by atoms with Crippen LogP contribution in [-0.4, -0.2) is 34.8 Å². The fraction of sp³-hybridized carbons (Fsp3) is 0.889. The molecule has 0 aliphatic heterocycles. The van der Waals surface area contributed by atoms with Crippen molar-refractivity contribution < 1.29 is 14.6 Å². The number of carbonyl (C=O) groups excluding carboxylic acids is 1. The average molecular weight is 206 g/mol. The first-order chi connectivity index (χ1) is 5.85. The zero-order valence-corrected chi connectivity index (χ0v) is 9.48. The van der Waals surface area contributed by atoms with E-state index in [4.69, 9.17) is 0 Å². The van der Waals surface area contributed by atoms with Crippen LogP contribution in [0.1, 0.15) is 27.2 Å². The van der Waals surface area contributed by atoms with E-state index >= 15 is 0 Å². The number of methoxy groups -OCH3 is 1. The number of ether oxygens (including phenoxy) is 1. The van der Waals surface area contributed by atoms with Gasteiger partial charge < -0.3 is 9.84 Å². The second-order valence-corrected chi connectivity index (χ2v) is 5.14. The minimum absolute atomic E-state index is 0.193. The van der Waals surface area contributed by atoms with Crippen LogP contribution >= 0.6 is 11.8 Å². The number of carbonyl (C=O) groups is 1. The minimum Gasteiger partial charge on any atom is -0.469 e. The van der Waals surface area contributed by atoms with Crippen LogP contribution in [0.4, 0.5) is 0 Å². The van der Waals surface area contributed by atoms with E-state index in [1.165, 1.54) is 7.11 Å². The number of rotatable bonds is 5. The Kier molecular flexibility index (Phi) is 5.40. The van der Waals surface area contributed by atoms with Gasteiger partial charge in [0.2, 0.25) is 0 Å². The molecular formula is C9H18O3S. The third kappa shape index (κ3) is 8.12. The molecule has 0 saturated heterocycles. The van der Waals surface area contributed by atoms with E-state index in [0.29, 0.717) is 12.2 Å². The Hall–Kier alpha value is -0.220. The molecule has 78 valence electrons. The van der Waals surface area contributed by atoms with Crippen LogP contribution in [0, 0.1) is 0 Å². The van der Waals surface area contributed by atoms with Gasteiger partial charge in [-0.3, -0.25) is 4.79 Å². The molecule has 4 heteroatoms. The Balaban J connectivity index is 3.63. The van der Waals surface area contributed by atoms with E-state index in [1.54, 1.807) is 25.6 Å². The molecule has 13 heavy (non-hydrogen) atoms. The summed E-state index contributed by atoms with van der Waals surface area (Å²) < 4.78 is 4.54. The Bertz CT molecular complexity index is 163. The van der Waals surface area contributed by atoms with Crippen molar-refractivity contribution in [3.63, 3.8) is 0 Å². The van der Waals surface area contributed by atoms with Crippen LogP contribution in [0.2, 0.25) is 0 Å². The Morgan fingerprint density at radius 2 is 2.15 bits per heavy atom. The van der Waals surface area contributed by atoms with Gasteiger partial charge in [0.15, 0.2) is 0 Å². The van der Waals surface area contributed by atoms with Crippen molar-refractivity contribution >= 4 is 17.7 Å². The second kappa shape index (κ2) is 5.50. The van der Waals surface area contributed by atoms with Crippen molar-refractivity contribution in [2.45, 2.75) is 38.0 Å². The van der Waals surface area contributed by atoms with Gasteiger partial charge in [-0.1, -0.05) is 6.92 Å². The molecule has 3 nitrogen and oxygen atoms in total. The number of hydrogen-bond acceptors (Lipinski definition) is 4. The van der Waals surface area contributed by atoms with Gasteiger partial charge >= 0.3 is 5.97 Å². The largest absolute Gasteiger partial charge is 0.469 e. The first-order valence-corrected chi connectivity index (χ1v) is 5.31. The Labute approximate surface area is 83.9 Å². The lowest BCUT2D eigenvalue weighted by Crippen LogP contribution is -2.23. The number of esters is 1. The first-order valence-electron chi connectivity index (χ1n) is 4.26. The lowest BCUT2D eigenvalue weighted by Gasteiger charge is -2.18. The van der Waals surface area contributed by atoms with Crippen LogP contribution in [0.25, 0.3) is 0 Å². The highest BCUT2D eigenvalue weighted by Crippen LogP contribution is 2.19. The van der Waals surface area contributed by atoms with Gasteiger partial charge in [0.25, 0.3) is 0 Å². The fourth-order valence-corrected chi connectivity index (χ4v) is 1.67. The third-order valence-corrected chi connectivity index (χ3v) is 3.01. The molecule has 0 heterocycles. The maximum atomic E-state index is 10.8. The van der Waals surface area contributed by atoms with Crippen LogP contribution in [-0.2, 0) is 9.53 Å². The predicted molar refractivity (Wildman–Crippen MR) is 54.9 cm³/mol. The van der Waals surface area contributed by atoms with Crippen molar-refractivity contribution in [2.24, 2.45) is 0 Å². The lowest BCUT2D eigenvalue weighted by atomic mass is 10.2. The minimum atomic E-state index is -0.672. The van der Waals surface area contributed by atoms with Gasteiger partial charge in [-0.05, 0) is 13.8 Å². The van der Waals surface area contributed by atoms with Crippen molar-refractivity contribution in [1.29, 1.82) is 0 Å². The molecule has 0 aliphatic carbocycles. The molecule has 0 spiro atoms. The predicted octanol–water partition coefficient (Wildman–Crippen LogP) is 1.44. The quantitative estimate of drug-likeness (QED) is 0.691. The van der Waals surface area contributed by atoms with Gasteiger partial charge in [0.05, 0.1) is 19.1 Å². The fourth-order valence-electron chi connectivity index (χ4n) is 0.723. The molecule has 0 aromatic carbocycles. The molecule has 0 aromatic heterocycles. The first kappa shape index (κ1) is 12.8. The molecule has 1 atom stereocenters. The molecule has 0 aromatic rings. The molecule has 0 amide bonds. The molecule has 0 bridgehead atoms. The summed E-state index contributed by atoms with van der Waals surface area (Å²) in [5, 5.41) is 9.61. The summed E-state index contributed by atoms with van der Waals surface area (Å²) in [4.78, 5) is 10.8. The summed E-state index contributed by atoms with van der Waals surface area (Å²) in [5.74, 6) is 0.432. The average Bonchev–Trinajstić information content (AvgIpc) is 1.99. The standard InChI is InChI=1S/C9H18O3S/c1-7(5-8(10)12-4)13-6-9(2,3)11/h7,11H,5-6H2,1-4H3. The molecular weight excluding hydrogens is 188 g/mol. The molecule has 0 rings (SSSR count). The van der Waals surface area contributed by atoms with Crippen LogP contribution in [0.3, 0.4) is 0 Å². The molecule has 0 saturated carbocycles. The summed E-state index contributed by atoms with van der Waals surface area (Å²) >= 11 is 1.58. The highest BCUT2D eigenvalue weighted by atomic mass is 32.2. The second-order valence-electron chi connectivity index (χ2n) is 3.71. The maximum Gasteiger partial charge on any atom is 0.306 e. The van der Waals surface area contributed by atoms with Crippen molar-refractivity contribution in [2.75, 3.05) is 12.9 Å². The van der Waals surface area contributed by atoms with Crippen molar-refractivity contribution in [1.82, 2.24) is 0 Å². The zero-order valence-electron chi connectivity index (χ0n) is 8.66. The van der Waals surface area contributed by atoms with E-state index in [-0.39, 0.29) is 11.2 Å². The summed E-state index contributed by atoms with van der Waals surface area (Å²) in [6.45, 7) is 5.46. The molecule has 0 radical (unpaired) electrons. The summed E-state index contributed by atoms with van der Waals surface area (Å²) in [6, 6.07) is 0. The number of hydrogen-bond donors (Lipinski definition) is 1. The topological polar surface area (TPSA) is 46.5 Å². The highest BCUT2D eigenvalue weighted by Gasteiger charge is 2.16. The van der Waals surface area contributed by atoms with Gasteiger partial charge in [0, 0.05) is 11.0 Å². The summed E-state index contributed by atoms with van der Waals surface area (Å²) in [5.41, 5.74) is -0.672. The Morgan fingerprint density at radius 1 is 1.62 bits per heavy atom. The van der Waals surface area contributed by atoms with E-state index in [2.05, 4.69) is 4.74 Å². The molecule has 1 unspecified atom stereocenters. The van der Waals surface area contributed by atoms with Crippen LogP contribution in [0.5, 0.6) is 0 Å². The third-order valence-electron chi connectivity index (χ3n) is 1.40. The normalized spacial score (nSPS) is 13.9. The van der Waals surface area contributed by atoms with Crippen LogP contribution < -0.4 is 0 Å². The van der Waals surface area contributed by atoms with Crippen molar-refractivity contribution in [3.05, 3.63) is 0 Å². The monoisotopic (exact) mass is 206 g/mol. The van der Waals surface area contributed by atoms with E-state index in [9.17, 15) is 9.90 Å². The zero-order chi connectivity index (χ0) is 10.5. The summed E-state index contributed by atoms with van der Waals surface area (Å²) in [7, 11) is 1.38. The van der Waals surface area contributed by atoms with Gasteiger partial charge in [-0.25, -0.2) is 0 Å². The van der Waals surface area contributed by atoms with Crippen molar-refractivity contribution in [3.8, 4) is 0 Å². The lowest BCUT2D eigenvalue weighted by molar-refractivity contribution is -0.140.